The second kappa shape index (κ2) is 4.78. The van der Waals surface area contributed by atoms with Gasteiger partial charge in [0.05, 0.1) is 6.20 Å². The molecule has 1 saturated heterocycles. The Morgan fingerprint density at radius 1 is 1.56 bits per heavy atom. The Morgan fingerprint density at radius 2 is 2.38 bits per heavy atom. The van der Waals surface area contributed by atoms with Crippen LogP contribution in [0.3, 0.4) is 0 Å². The standard InChI is InChI=1S/C12H18FN3/c1-9-4-5-16(8-10(9)6-14)12-3-2-11(13)7-15-12/h2-3,7,9-10H,4-6,8,14H2,1H3. The van der Waals surface area contributed by atoms with Crippen LogP contribution < -0.4 is 10.6 Å². The Balaban J connectivity index is 2.08. The summed E-state index contributed by atoms with van der Waals surface area (Å²) in [6.07, 6.45) is 2.39. The Bertz CT molecular complexity index is 339. The lowest BCUT2D eigenvalue weighted by Gasteiger charge is -2.37. The zero-order valence-electron chi connectivity index (χ0n) is 9.56. The molecular formula is C12H18FN3. The van der Waals surface area contributed by atoms with E-state index in [2.05, 4.69) is 16.8 Å². The van der Waals surface area contributed by atoms with Crippen LogP contribution in [0, 0.1) is 17.7 Å². The van der Waals surface area contributed by atoms with Crippen molar-refractivity contribution in [3.8, 4) is 0 Å². The number of hydrogen-bond acceptors (Lipinski definition) is 3. The van der Waals surface area contributed by atoms with Gasteiger partial charge in [-0.15, -0.1) is 0 Å². The summed E-state index contributed by atoms with van der Waals surface area (Å²) in [6, 6.07) is 3.19. The molecule has 2 rings (SSSR count). The first-order chi connectivity index (χ1) is 7.70. The number of pyridine rings is 1. The number of piperidine rings is 1. The van der Waals surface area contributed by atoms with Gasteiger partial charge in [-0.1, -0.05) is 6.92 Å². The third-order valence-electron chi connectivity index (χ3n) is 3.45. The number of nitrogens with zero attached hydrogens (tertiary/aromatic N) is 2. The van der Waals surface area contributed by atoms with Crippen molar-refractivity contribution in [2.45, 2.75) is 13.3 Å². The molecule has 1 fully saturated rings. The summed E-state index contributed by atoms with van der Waals surface area (Å²) in [5.41, 5.74) is 5.75. The van der Waals surface area contributed by atoms with Crippen molar-refractivity contribution in [2.24, 2.45) is 17.6 Å². The zero-order valence-corrected chi connectivity index (χ0v) is 9.56. The van der Waals surface area contributed by atoms with Crippen LogP contribution in [0.1, 0.15) is 13.3 Å². The molecule has 1 aromatic rings. The number of nitrogens with two attached hydrogens (primary N) is 1. The van der Waals surface area contributed by atoms with Gasteiger partial charge in [-0.05, 0) is 36.9 Å². The van der Waals surface area contributed by atoms with Gasteiger partial charge in [0.2, 0.25) is 0 Å². The van der Waals surface area contributed by atoms with Crippen molar-refractivity contribution < 1.29 is 4.39 Å². The Morgan fingerprint density at radius 3 is 3.00 bits per heavy atom. The van der Waals surface area contributed by atoms with Gasteiger partial charge in [-0.2, -0.15) is 0 Å². The lowest BCUT2D eigenvalue weighted by molar-refractivity contribution is 0.307. The van der Waals surface area contributed by atoms with Gasteiger partial charge < -0.3 is 10.6 Å². The van der Waals surface area contributed by atoms with Crippen LogP contribution in [-0.4, -0.2) is 24.6 Å². The molecule has 0 bridgehead atoms. The highest BCUT2D eigenvalue weighted by atomic mass is 19.1. The number of halogens is 1. The van der Waals surface area contributed by atoms with E-state index in [9.17, 15) is 4.39 Å². The number of rotatable bonds is 2. The van der Waals surface area contributed by atoms with E-state index in [0.717, 1.165) is 25.3 Å². The lowest BCUT2D eigenvalue weighted by Crippen LogP contribution is -2.43. The average Bonchev–Trinajstić information content (AvgIpc) is 2.31. The van der Waals surface area contributed by atoms with Crippen molar-refractivity contribution in [2.75, 3.05) is 24.5 Å². The summed E-state index contributed by atoms with van der Waals surface area (Å²) in [7, 11) is 0. The van der Waals surface area contributed by atoms with E-state index in [-0.39, 0.29) is 5.82 Å². The molecule has 16 heavy (non-hydrogen) atoms. The second-order valence-corrected chi connectivity index (χ2v) is 4.54. The highest BCUT2D eigenvalue weighted by Gasteiger charge is 2.25. The van der Waals surface area contributed by atoms with Crippen LogP contribution in [0.5, 0.6) is 0 Å². The molecule has 0 aromatic carbocycles. The number of aromatic nitrogens is 1. The fraction of sp³-hybridized carbons (Fsp3) is 0.583. The first-order valence-corrected chi connectivity index (χ1v) is 5.77. The minimum atomic E-state index is -0.287. The minimum Gasteiger partial charge on any atom is -0.356 e. The van der Waals surface area contributed by atoms with Gasteiger partial charge in [0.15, 0.2) is 0 Å². The average molecular weight is 223 g/mol. The van der Waals surface area contributed by atoms with E-state index in [1.54, 1.807) is 6.07 Å². The maximum absolute atomic E-state index is 12.8. The van der Waals surface area contributed by atoms with Crippen LogP contribution in [0.2, 0.25) is 0 Å². The van der Waals surface area contributed by atoms with Gasteiger partial charge in [-0.25, -0.2) is 9.37 Å². The van der Waals surface area contributed by atoms with Gasteiger partial charge in [-0.3, -0.25) is 0 Å². The van der Waals surface area contributed by atoms with Crippen molar-refractivity contribution >= 4 is 5.82 Å². The quantitative estimate of drug-likeness (QED) is 0.828. The molecule has 88 valence electrons. The third kappa shape index (κ3) is 2.32. The molecule has 2 atom stereocenters. The van der Waals surface area contributed by atoms with Crippen molar-refractivity contribution in [3.63, 3.8) is 0 Å². The van der Waals surface area contributed by atoms with Crippen LogP contribution >= 0.6 is 0 Å². The summed E-state index contributed by atoms with van der Waals surface area (Å²) in [5.74, 6) is 1.75. The predicted molar refractivity (Wildman–Crippen MR) is 62.7 cm³/mol. The van der Waals surface area contributed by atoms with Gasteiger partial charge in [0, 0.05) is 13.1 Å². The van der Waals surface area contributed by atoms with E-state index >= 15 is 0 Å². The van der Waals surface area contributed by atoms with E-state index < -0.39 is 0 Å². The van der Waals surface area contributed by atoms with Crippen LogP contribution in [0.15, 0.2) is 18.3 Å². The largest absolute Gasteiger partial charge is 0.356 e. The van der Waals surface area contributed by atoms with E-state index in [4.69, 9.17) is 5.73 Å². The second-order valence-electron chi connectivity index (χ2n) is 4.54. The summed E-state index contributed by atoms with van der Waals surface area (Å²) in [5, 5.41) is 0. The molecule has 0 saturated carbocycles. The van der Waals surface area contributed by atoms with Crippen LogP contribution in [-0.2, 0) is 0 Å². The SMILES string of the molecule is CC1CCN(c2ccc(F)cn2)CC1CN. The molecule has 0 aliphatic carbocycles. The fourth-order valence-corrected chi connectivity index (χ4v) is 2.22. The Hall–Kier alpha value is -1.16. The zero-order chi connectivity index (χ0) is 11.5. The molecule has 2 N–H and O–H groups in total. The molecule has 0 amide bonds. The number of anilines is 1. The van der Waals surface area contributed by atoms with Gasteiger partial charge in [0.1, 0.15) is 11.6 Å². The molecular weight excluding hydrogens is 205 g/mol. The topological polar surface area (TPSA) is 42.2 Å². The molecule has 4 heteroatoms. The van der Waals surface area contributed by atoms with E-state index in [1.165, 1.54) is 12.3 Å². The lowest BCUT2D eigenvalue weighted by atomic mass is 9.87. The molecule has 2 heterocycles. The first kappa shape index (κ1) is 11.3. The van der Waals surface area contributed by atoms with Crippen LogP contribution in [0.25, 0.3) is 0 Å². The Kier molecular flexibility index (Phi) is 3.39. The van der Waals surface area contributed by atoms with Gasteiger partial charge >= 0.3 is 0 Å². The molecule has 1 aromatic heterocycles. The molecule has 2 unspecified atom stereocenters. The third-order valence-corrected chi connectivity index (χ3v) is 3.45. The summed E-state index contributed by atoms with van der Waals surface area (Å²) in [6.45, 7) is 4.86. The molecule has 1 aliphatic heterocycles. The maximum atomic E-state index is 12.8. The summed E-state index contributed by atoms with van der Waals surface area (Å²) < 4.78 is 12.8. The molecule has 1 aliphatic rings. The van der Waals surface area contributed by atoms with Crippen molar-refractivity contribution in [1.82, 2.24) is 4.98 Å². The van der Waals surface area contributed by atoms with E-state index in [1.807, 2.05) is 0 Å². The summed E-state index contributed by atoms with van der Waals surface area (Å²) >= 11 is 0. The predicted octanol–water partition coefficient (Wildman–Crippen LogP) is 1.64. The normalized spacial score (nSPS) is 25.8. The highest BCUT2D eigenvalue weighted by molar-refractivity contribution is 5.38. The molecule has 3 nitrogen and oxygen atoms in total. The monoisotopic (exact) mass is 223 g/mol. The fourth-order valence-electron chi connectivity index (χ4n) is 2.22. The van der Waals surface area contributed by atoms with Gasteiger partial charge in [0.25, 0.3) is 0 Å². The smallest absolute Gasteiger partial charge is 0.141 e. The maximum Gasteiger partial charge on any atom is 0.141 e. The highest BCUT2D eigenvalue weighted by Crippen LogP contribution is 2.25. The van der Waals surface area contributed by atoms with Crippen LogP contribution in [0.4, 0.5) is 10.2 Å². The summed E-state index contributed by atoms with van der Waals surface area (Å²) in [4.78, 5) is 6.30. The van der Waals surface area contributed by atoms with Crippen molar-refractivity contribution in [1.29, 1.82) is 0 Å². The molecule has 0 spiro atoms. The Labute approximate surface area is 95.5 Å². The minimum absolute atomic E-state index is 0.287. The number of hydrogen-bond donors (Lipinski definition) is 1. The van der Waals surface area contributed by atoms with E-state index in [0.29, 0.717) is 18.4 Å². The first-order valence-electron chi connectivity index (χ1n) is 5.77. The molecule has 0 radical (unpaired) electrons. The van der Waals surface area contributed by atoms with Crippen molar-refractivity contribution in [3.05, 3.63) is 24.1 Å².